The minimum atomic E-state index is -0.0567. The fourth-order valence-corrected chi connectivity index (χ4v) is 2.52. The van der Waals surface area contributed by atoms with Crippen molar-refractivity contribution in [1.29, 1.82) is 0 Å². The van der Waals surface area contributed by atoms with E-state index in [0.717, 1.165) is 0 Å². The molecule has 0 spiro atoms. The van der Waals surface area contributed by atoms with Gasteiger partial charge >= 0.3 is 0 Å². The standard InChI is InChI=1S/C14H21NOS/c1-9(2)15-14(16)12(5)17-13-7-6-10(3)8-11(13)4/h6-9,12H,1-5H3,(H,15,16). The number of nitrogens with one attached hydrogen (secondary N) is 1. The fourth-order valence-electron chi connectivity index (χ4n) is 1.58. The van der Waals surface area contributed by atoms with Crippen LogP contribution in [0.5, 0.6) is 0 Å². The largest absolute Gasteiger partial charge is 0.353 e. The van der Waals surface area contributed by atoms with Gasteiger partial charge in [-0.3, -0.25) is 4.79 Å². The molecule has 0 saturated heterocycles. The van der Waals surface area contributed by atoms with E-state index in [9.17, 15) is 4.79 Å². The molecule has 0 aromatic heterocycles. The third-order valence-electron chi connectivity index (χ3n) is 2.43. The molecule has 0 aliphatic carbocycles. The fraction of sp³-hybridized carbons (Fsp3) is 0.500. The number of hydrogen-bond acceptors (Lipinski definition) is 2. The number of benzene rings is 1. The van der Waals surface area contributed by atoms with Crippen molar-refractivity contribution in [3.05, 3.63) is 29.3 Å². The first kappa shape index (κ1) is 14.1. The van der Waals surface area contributed by atoms with Crippen LogP contribution in [0.3, 0.4) is 0 Å². The van der Waals surface area contributed by atoms with Gasteiger partial charge in [0.1, 0.15) is 0 Å². The van der Waals surface area contributed by atoms with Gasteiger partial charge in [-0.25, -0.2) is 0 Å². The van der Waals surface area contributed by atoms with Crippen LogP contribution < -0.4 is 5.32 Å². The molecule has 0 aliphatic heterocycles. The summed E-state index contributed by atoms with van der Waals surface area (Å²) in [6, 6.07) is 6.52. The Bertz CT molecular complexity index is 401. The second-order valence-corrected chi connectivity index (χ2v) is 6.07. The summed E-state index contributed by atoms with van der Waals surface area (Å²) < 4.78 is 0. The maximum absolute atomic E-state index is 11.8. The highest BCUT2D eigenvalue weighted by Crippen LogP contribution is 2.27. The molecular weight excluding hydrogens is 230 g/mol. The van der Waals surface area contributed by atoms with Crippen molar-refractivity contribution < 1.29 is 4.79 Å². The summed E-state index contributed by atoms with van der Waals surface area (Å²) in [5.41, 5.74) is 2.49. The third kappa shape index (κ3) is 4.43. The van der Waals surface area contributed by atoms with Gasteiger partial charge < -0.3 is 5.32 Å². The summed E-state index contributed by atoms with van der Waals surface area (Å²) in [7, 11) is 0. The van der Waals surface area contributed by atoms with Crippen LogP contribution in [-0.4, -0.2) is 17.2 Å². The average Bonchev–Trinajstić information content (AvgIpc) is 2.21. The number of thioether (sulfide) groups is 1. The molecule has 1 aromatic carbocycles. The minimum absolute atomic E-state index is 0.0567. The highest BCUT2D eigenvalue weighted by atomic mass is 32.2. The van der Waals surface area contributed by atoms with Crippen LogP contribution in [0.2, 0.25) is 0 Å². The average molecular weight is 251 g/mol. The van der Waals surface area contributed by atoms with E-state index in [2.05, 4.69) is 37.4 Å². The molecule has 1 N–H and O–H groups in total. The number of amides is 1. The first-order valence-corrected chi connectivity index (χ1v) is 6.82. The summed E-state index contributed by atoms with van der Waals surface area (Å²) in [6.07, 6.45) is 0. The molecule has 0 bridgehead atoms. The van der Waals surface area contributed by atoms with Crippen LogP contribution in [0.1, 0.15) is 31.9 Å². The molecule has 1 amide bonds. The topological polar surface area (TPSA) is 29.1 Å². The monoisotopic (exact) mass is 251 g/mol. The van der Waals surface area contributed by atoms with Gasteiger partial charge in [-0.1, -0.05) is 17.7 Å². The molecule has 0 fully saturated rings. The van der Waals surface area contributed by atoms with Crippen LogP contribution in [0.15, 0.2) is 23.1 Å². The van der Waals surface area contributed by atoms with Gasteiger partial charge in [-0.2, -0.15) is 0 Å². The zero-order chi connectivity index (χ0) is 13.0. The molecular formula is C14H21NOS. The normalized spacial score (nSPS) is 12.6. The number of carbonyl (C=O) groups excluding carboxylic acids is 1. The van der Waals surface area contributed by atoms with E-state index in [1.165, 1.54) is 16.0 Å². The number of hydrogen-bond donors (Lipinski definition) is 1. The molecule has 1 rings (SSSR count). The smallest absolute Gasteiger partial charge is 0.233 e. The summed E-state index contributed by atoms with van der Waals surface area (Å²) >= 11 is 1.62. The van der Waals surface area contributed by atoms with Crippen molar-refractivity contribution in [3.63, 3.8) is 0 Å². The van der Waals surface area contributed by atoms with Crippen molar-refractivity contribution in [1.82, 2.24) is 5.32 Å². The first-order valence-electron chi connectivity index (χ1n) is 5.94. The van der Waals surface area contributed by atoms with E-state index >= 15 is 0 Å². The quantitative estimate of drug-likeness (QED) is 0.832. The Morgan fingerprint density at radius 3 is 2.41 bits per heavy atom. The van der Waals surface area contributed by atoms with Crippen molar-refractivity contribution >= 4 is 17.7 Å². The van der Waals surface area contributed by atoms with Gasteiger partial charge in [-0.15, -0.1) is 11.8 Å². The second-order valence-electron chi connectivity index (χ2n) is 4.69. The van der Waals surface area contributed by atoms with Crippen molar-refractivity contribution in [2.45, 2.75) is 50.8 Å². The van der Waals surface area contributed by atoms with Gasteiger partial charge in [0.05, 0.1) is 5.25 Å². The Hall–Kier alpha value is -0.960. The molecule has 0 heterocycles. The predicted molar refractivity (Wildman–Crippen MR) is 74.5 cm³/mol. The lowest BCUT2D eigenvalue weighted by Gasteiger charge is -2.15. The van der Waals surface area contributed by atoms with Crippen LogP contribution in [0.25, 0.3) is 0 Å². The molecule has 1 atom stereocenters. The summed E-state index contributed by atoms with van der Waals surface area (Å²) in [5, 5.41) is 2.88. The molecule has 0 aliphatic rings. The highest BCUT2D eigenvalue weighted by molar-refractivity contribution is 8.00. The van der Waals surface area contributed by atoms with E-state index < -0.39 is 0 Å². The van der Waals surface area contributed by atoms with Crippen LogP contribution >= 0.6 is 11.8 Å². The Morgan fingerprint density at radius 1 is 1.24 bits per heavy atom. The molecule has 0 radical (unpaired) electrons. The molecule has 2 nitrogen and oxygen atoms in total. The molecule has 94 valence electrons. The first-order chi connectivity index (χ1) is 7.90. The third-order valence-corrected chi connectivity index (χ3v) is 3.71. The molecule has 17 heavy (non-hydrogen) atoms. The lowest BCUT2D eigenvalue weighted by molar-refractivity contribution is -0.120. The summed E-state index contributed by atoms with van der Waals surface area (Å²) in [4.78, 5) is 13.0. The van der Waals surface area contributed by atoms with Gasteiger partial charge in [-0.05, 0) is 46.2 Å². The Kier molecular flexibility index (Phi) is 5.06. The Balaban J connectivity index is 2.67. The van der Waals surface area contributed by atoms with Crippen molar-refractivity contribution in [2.24, 2.45) is 0 Å². The molecule has 3 heteroatoms. The van der Waals surface area contributed by atoms with Crippen LogP contribution in [0, 0.1) is 13.8 Å². The van der Waals surface area contributed by atoms with Crippen molar-refractivity contribution in [3.8, 4) is 0 Å². The minimum Gasteiger partial charge on any atom is -0.353 e. The summed E-state index contributed by atoms with van der Waals surface area (Å²) in [6.45, 7) is 10.1. The van der Waals surface area contributed by atoms with Crippen molar-refractivity contribution in [2.75, 3.05) is 0 Å². The molecule has 1 aromatic rings. The lowest BCUT2D eigenvalue weighted by atomic mass is 10.2. The van der Waals surface area contributed by atoms with Crippen LogP contribution in [-0.2, 0) is 4.79 Å². The highest BCUT2D eigenvalue weighted by Gasteiger charge is 2.15. The van der Waals surface area contributed by atoms with E-state index in [4.69, 9.17) is 0 Å². The number of carbonyl (C=O) groups is 1. The number of aryl methyl sites for hydroxylation is 2. The maximum Gasteiger partial charge on any atom is 0.233 e. The Labute approximate surface area is 108 Å². The summed E-state index contributed by atoms with van der Waals surface area (Å²) in [5.74, 6) is 0.102. The maximum atomic E-state index is 11.8. The zero-order valence-corrected chi connectivity index (χ0v) is 12.0. The van der Waals surface area contributed by atoms with Crippen LogP contribution in [0.4, 0.5) is 0 Å². The van der Waals surface area contributed by atoms with E-state index in [1.807, 2.05) is 20.8 Å². The lowest BCUT2D eigenvalue weighted by Crippen LogP contribution is -2.35. The van der Waals surface area contributed by atoms with Gasteiger partial charge in [0.25, 0.3) is 0 Å². The number of rotatable bonds is 4. The zero-order valence-electron chi connectivity index (χ0n) is 11.2. The predicted octanol–water partition coefficient (Wildman–Crippen LogP) is 3.31. The van der Waals surface area contributed by atoms with Gasteiger partial charge in [0, 0.05) is 10.9 Å². The van der Waals surface area contributed by atoms with E-state index in [0.29, 0.717) is 0 Å². The molecule has 0 saturated carbocycles. The SMILES string of the molecule is Cc1ccc(SC(C)C(=O)NC(C)C)c(C)c1. The van der Waals surface area contributed by atoms with E-state index in [1.54, 1.807) is 11.8 Å². The molecule has 1 unspecified atom stereocenters. The van der Waals surface area contributed by atoms with E-state index in [-0.39, 0.29) is 17.2 Å². The second kappa shape index (κ2) is 6.10. The van der Waals surface area contributed by atoms with Gasteiger partial charge in [0.2, 0.25) is 5.91 Å². The Morgan fingerprint density at radius 2 is 1.88 bits per heavy atom. The van der Waals surface area contributed by atoms with Gasteiger partial charge in [0.15, 0.2) is 0 Å².